The lowest BCUT2D eigenvalue weighted by atomic mass is 10.4. The number of alkyl halides is 3. The van der Waals surface area contributed by atoms with Crippen LogP contribution in [0.4, 0.5) is 13.2 Å². The van der Waals surface area contributed by atoms with Crippen LogP contribution in [0.2, 0.25) is 0 Å². The molecule has 8 heteroatoms. The van der Waals surface area contributed by atoms with Gasteiger partial charge in [-0.2, -0.15) is 21.6 Å². The zero-order valence-corrected chi connectivity index (χ0v) is 5.85. The second-order valence-corrected chi connectivity index (χ2v) is 3.33. The Labute approximate surface area is 60.4 Å². The van der Waals surface area contributed by atoms with Crippen molar-refractivity contribution >= 4 is 10.1 Å². The largest absolute Gasteiger partial charge is 0.410 e. The second kappa shape index (κ2) is 2.95. The number of halogens is 3. The SMILES string of the molecule is O=S(=O)(O)C(CO)C(F)(F)F. The third-order valence-electron chi connectivity index (χ3n) is 0.890. The Kier molecular flexibility index (Phi) is 2.86. The third-order valence-corrected chi connectivity index (χ3v) is 2.03. The normalized spacial score (nSPS) is 16.5. The molecule has 0 fully saturated rings. The molecule has 0 aromatic heterocycles. The number of hydrogen-bond acceptors (Lipinski definition) is 3. The molecule has 0 saturated heterocycles. The first-order chi connectivity index (χ1) is 4.69. The van der Waals surface area contributed by atoms with E-state index in [-0.39, 0.29) is 0 Å². The van der Waals surface area contributed by atoms with Crippen LogP contribution in [-0.4, -0.2) is 36.1 Å². The lowest BCUT2D eigenvalue weighted by Crippen LogP contribution is -2.39. The molecule has 2 N–H and O–H groups in total. The van der Waals surface area contributed by atoms with Crippen LogP contribution in [0.3, 0.4) is 0 Å². The highest BCUT2D eigenvalue weighted by molar-refractivity contribution is 7.86. The molecule has 0 rings (SSSR count). The Balaban J connectivity index is 4.72. The van der Waals surface area contributed by atoms with Gasteiger partial charge in [0.05, 0.1) is 6.61 Å². The molecular formula is C3H5F3O4S. The van der Waals surface area contributed by atoms with E-state index >= 15 is 0 Å². The summed E-state index contributed by atoms with van der Waals surface area (Å²) >= 11 is 0. The summed E-state index contributed by atoms with van der Waals surface area (Å²) in [6, 6.07) is 0. The fraction of sp³-hybridized carbons (Fsp3) is 1.00. The third kappa shape index (κ3) is 3.04. The summed E-state index contributed by atoms with van der Waals surface area (Å²) < 4.78 is 62.2. The van der Waals surface area contributed by atoms with Gasteiger partial charge < -0.3 is 5.11 Å². The van der Waals surface area contributed by atoms with Gasteiger partial charge in [-0.25, -0.2) is 0 Å². The van der Waals surface area contributed by atoms with Crippen LogP contribution >= 0.6 is 0 Å². The quantitative estimate of drug-likeness (QED) is 0.597. The zero-order valence-electron chi connectivity index (χ0n) is 5.04. The van der Waals surface area contributed by atoms with Gasteiger partial charge in [0.1, 0.15) is 0 Å². The Morgan fingerprint density at radius 1 is 1.36 bits per heavy atom. The molecule has 68 valence electrons. The summed E-state index contributed by atoms with van der Waals surface area (Å²) in [6.07, 6.45) is -5.14. The van der Waals surface area contributed by atoms with E-state index in [0.717, 1.165) is 0 Å². The van der Waals surface area contributed by atoms with E-state index in [1.54, 1.807) is 0 Å². The average Bonchev–Trinajstić information content (AvgIpc) is 1.56. The van der Waals surface area contributed by atoms with Crippen molar-refractivity contribution in [1.82, 2.24) is 0 Å². The standard InChI is InChI=1S/C3H5F3O4S/c4-3(5,6)2(1-7)11(8,9)10/h2,7H,1H2,(H,8,9,10). The van der Waals surface area contributed by atoms with Gasteiger partial charge >= 0.3 is 6.18 Å². The summed E-state index contributed by atoms with van der Waals surface area (Å²) in [6.45, 7) is -1.68. The predicted octanol–water partition coefficient (Wildman–Crippen LogP) is -0.203. The zero-order chi connectivity index (χ0) is 9.28. The molecule has 0 spiro atoms. The molecule has 0 aliphatic rings. The summed E-state index contributed by atoms with van der Waals surface area (Å²) in [5.41, 5.74) is 0. The van der Waals surface area contributed by atoms with Crippen molar-refractivity contribution in [2.45, 2.75) is 11.4 Å². The average molecular weight is 194 g/mol. The van der Waals surface area contributed by atoms with Gasteiger partial charge in [-0.15, -0.1) is 0 Å². The van der Waals surface area contributed by atoms with Gasteiger partial charge in [0, 0.05) is 0 Å². The summed E-state index contributed by atoms with van der Waals surface area (Å²) in [7, 11) is -5.25. The highest BCUT2D eigenvalue weighted by Crippen LogP contribution is 2.24. The van der Waals surface area contributed by atoms with Crippen molar-refractivity contribution in [3.8, 4) is 0 Å². The van der Waals surface area contributed by atoms with Gasteiger partial charge in [-0.1, -0.05) is 0 Å². The molecule has 0 aliphatic carbocycles. The smallest absolute Gasteiger partial charge is 0.395 e. The molecule has 0 saturated carbocycles. The second-order valence-electron chi connectivity index (χ2n) is 1.73. The van der Waals surface area contributed by atoms with Gasteiger partial charge in [0.15, 0.2) is 0 Å². The van der Waals surface area contributed by atoms with Crippen LogP contribution in [-0.2, 0) is 10.1 Å². The minimum Gasteiger partial charge on any atom is -0.395 e. The number of hydrogen-bond donors (Lipinski definition) is 2. The van der Waals surface area contributed by atoms with Crippen molar-refractivity contribution in [1.29, 1.82) is 0 Å². The molecule has 4 nitrogen and oxygen atoms in total. The van der Waals surface area contributed by atoms with Crippen molar-refractivity contribution in [2.24, 2.45) is 0 Å². The molecule has 0 aliphatic heterocycles. The van der Waals surface area contributed by atoms with Crippen LogP contribution in [0.15, 0.2) is 0 Å². The topological polar surface area (TPSA) is 74.6 Å². The van der Waals surface area contributed by atoms with E-state index in [4.69, 9.17) is 9.66 Å². The summed E-state index contributed by atoms with van der Waals surface area (Å²) in [5, 5.41) is 4.84. The van der Waals surface area contributed by atoms with Crippen molar-refractivity contribution < 1.29 is 31.2 Å². The molecule has 0 bridgehead atoms. The number of rotatable bonds is 2. The van der Waals surface area contributed by atoms with Gasteiger partial charge in [-0.05, 0) is 0 Å². The molecule has 0 aromatic carbocycles. The van der Waals surface area contributed by atoms with E-state index in [9.17, 15) is 21.6 Å². The Morgan fingerprint density at radius 3 is 1.73 bits per heavy atom. The first-order valence-electron chi connectivity index (χ1n) is 2.33. The molecule has 1 unspecified atom stereocenters. The van der Waals surface area contributed by atoms with Crippen molar-refractivity contribution in [3.63, 3.8) is 0 Å². The Bertz CT molecular complexity index is 217. The Hall–Kier alpha value is -0.340. The highest BCUT2D eigenvalue weighted by Gasteiger charge is 2.47. The van der Waals surface area contributed by atoms with Crippen LogP contribution in [0.25, 0.3) is 0 Å². The Morgan fingerprint density at radius 2 is 1.73 bits per heavy atom. The highest BCUT2D eigenvalue weighted by atomic mass is 32.2. The van der Waals surface area contributed by atoms with Gasteiger partial charge in [-0.3, -0.25) is 4.55 Å². The fourth-order valence-corrected chi connectivity index (χ4v) is 0.893. The lowest BCUT2D eigenvalue weighted by Gasteiger charge is -2.13. The monoisotopic (exact) mass is 194 g/mol. The maximum Gasteiger partial charge on any atom is 0.410 e. The minimum absolute atomic E-state index is 1.68. The van der Waals surface area contributed by atoms with E-state index in [2.05, 4.69) is 0 Å². The van der Waals surface area contributed by atoms with E-state index in [1.165, 1.54) is 0 Å². The summed E-state index contributed by atoms with van der Waals surface area (Å²) in [4.78, 5) is 0. The van der Waals surface area contributed by atoms with Crippen LogP contribution in [0, 0.1) is 0 Å². The van der Waals surface area contributed by atoms with Crippen molar-refractivity contribution in [3.05, 3.63) is 0 Å². The first-order valence-corrected chi connectivity index (χ1v) is 3.83. The molecule has 0 amide bonds. The molecule has 0 radical (unpaired) electrons. The maximum atomic E-state index is 11.5. The van der Waals surface area contributed by atoms with Crippen molar-refractivity contribution in [2.75, 3.05) is 6.61 Å². The van der Waals surface area contributed by atoms with Crippen LogP contribution in [0.1, 0.15) is 0 Å². The molecule has 11 heavy (non-hydrogen) atoms. The van der Waals surface area contributed by atoms with Gasteiger partial charge in [0.2, 0.25) is 5.25 Å². The molecule has 1 atom stereocenters. The number of aliphatic hydroxyl groups is 1. The molecule has 0 heterocycles. The minimum atomic E-state index is -5.25. The van der Waals surface area contributed by atoms with E-state index in [0.29, 0.717) is 0 Å². The molecule has 0 aromatic rings. The predicted molar refractivity (Wildman–Crippen MR) is 28.5 cm³/mol. The molecular weight excluding hydrogens is 189 g/mol. The number of aliphatic hydroxyl groups excluding tert-OH is 1. The maximum absolute atomic E-state index is 11.5. The van der Waals surface area contributed by atoms with Crippen LogP contribution < -0.4 is 0 Å². The van der Waals surface area contributed by atoms with E-state index < -0.39 is 28.2 Å². The first kappa shape index (κ1) is 10.7. The van der Waals surface area contributed by atoms with Crippen LogP contribution in [0.5, 0.6) is 0 Å². The van der Waals surface area contributed by atoms with Gasteiger partial charge in [0.25, 0.3) is 10.1 Å². The lowest BCUT2D eigenvalue weighted by molar-refractivity contribution is -0.138. The van der Waals surface area contributed by atoms with E-state index in [1.807, 2.05) is 0 Å². The summed E-state index contributed by atoms with van der Waals surface area (Å²) in [5.74, 6) is 0. The fourth-order valence-electron chi connectivity index (χ4n) is 0.367.